The average molecular weight is 275 g/mol. The predicted molar refractivity (Wildman–Crippen MR) is 66.7 cm³/mol. The highest BCUT2D eigenvalue weighted by atomic mass is 79.9. The SMILES string of the molecule is Cl.NCCC1=CCc2cc(Br)ccc21. The molecule has 76 valence electrons. The lowest BCUT2D eigenvalue weighted by molar-refractivity contribution is 1.02. The van der Waals surface area contributed by atoms with Crippen LogP contribution in [-0.2, 0) is 6.42 Å². The fourth-order valence-electron chi connectivity index (χ4n) is 1.78. The number of rotatable bonds is 2. The summed E-state index contributed by atoms with van der Waals surface area (Å²) in [5.41, 5.74) is 9.75. The van der Waals surface area contributed by atoms with E-state index >= 15 is 0 Å². The second kappa shape index (κ2) is 4.96. The molecule has 0 radical (unpaired) electrons. The minimum absolute atomic E-state index is 0. The van der Waals surface area contributed by atoms with Crippen molar-refractivity contribution in [3.63, 3.8) is 0 Å². The van der Waals surface area contributed by atoms with Crippen LogP contribution in [0.5, 0.6) is 0 Å². The van der Waals surface area contributed by atoms with Gasteiger partial charge in [0.1, 0.15) is 0 Å². The molecule has 0 aliphatic heterocycles. The fourth-order valence-corrected chi connectivity index (χ4v) is 2.19. The summed E-state index contributed by atoms with van der Waals surface area (Å²) in [4.78, 5) is 0. The molecular weight excluding hydrogens is 261 g/mol. The van der Waals surface area contributed by atoms with Crippen molar-refractivity contribution in [1.29, 1.82) is 0 Å². The topological polar surface area (TPSA) is 26.0 Å². The van der Waals surface area contributed by atoms with E-state index in [1.54, 1.807) is 0 Å². The van der Waals surface area contributed by atoms with E-state index in [1.165, 1.54) is 16.7 Å². The van der Waals surface area contributed by atoms with Gasteiger partial charge < -0.3 is 5.73 Å². The summed E-state index contributed by atoms with van der Waals surface area (Å²) in [6.07, 6.45) is 4.34. The van der Waals surface area contributed by atoms with Crippen LogP contribution in [0, 0.1) is 0 Å². The van der Waals surface area contributed by atoms with E-state index in [2.05, 4.69) is 40.2 Å². The molecule has 14 heavy (non-hydrogen) atoms. The summed E-state index contributed by atoms with van der Waals surface area (Å²) >= 11 is 3.48. The molecule has 0 bridgehead atoms. The van der Waals surface area contributed by atoms with E-state index < -0.39 is 0 Å². The Morgan fingerprint density at radius 1 is 1.36 bits per heavy atom. The molecule has 1 aliphatic rings. The Morgan fingerprint density at radius 2 is 2.14 bits per heavy atom. The molecule has 0 amide bonds. The first kappa shape index (κ1) is 11.8. The molecule has 0 aromatic heterocycles. The lowest BCUT2D eigenvalue weighted by Crippen LogP contribution is -1.99. The smallest absolute Gasteiger partial charge is 0.0178 e. The first-order chi connectivity index (χ1) is 6.31. The first-order valence-corrected chi connectivity index (χ1v) is 5.28. The quantitative estimate of drug-likeness (QED) is 0.881. The van der Waals surface area contributed by atoms with Gasteiger partial charge in [0.25, 0.3) is 0 Å². The van der Waals surface area contributed by atoms with Gasteiger partial charge in [-0.3, -0.25) is 0 Å². The van der Waals surface area contributed by atoms with Crippen LogP contribution in [0.3, 0.4) is 0 Å². The van der Waals surface area contributed by atoms with Crippen LogP contribution in [0.25, 0.3) is 5.57 Å². The molecule has 1 aromatic rings. The van der Waals surface area contributed by atoms with E-state index in [9.17, 15) is 0 Å². The number of benzene rings is 1. The molecule has 0 atom stereocenters. The van der Waals surface area contributed by atoms with Crippen LogP contribution in [0.2, 0.25) is 0 Å². The zero-order chi connectivity index (χ0) is 9.26. The number of hydrogen-bond acceptors (Lipinski definition) is 1. The van der Waals surface area contributed by atoms with Gasteiger partial charge in [0, 0.05) is 4.47 Å². The largest absolute Gasteiger partial charge is 0.330 e. The van der Waals surface area contributed by atoms with Crippen molar-refractivity contribution in [2.45, 2.75) is 12.8 Å². The number of fused-ring (bicyclic) bond motifs is 1. The zero-order valence-corrected chi connectivity index (χ0v) is 10.2. The molecule has 2 rings (SSSR count). The van der Waals surface area contributed by atoms with E-state index in [4.69, 9.17) is 5.73 Å². The maximum absolute atomic E-state index is 5.55. The van der Waals surface area contributed by atoms with E-state index in [1.807, 2.05) is 0 Å². The van der Waals surface area contributed by atoms with Gasteiger partial charge in [-0.2, -0.15) is 0 Å². The van der Waals surface area contributed by atoms with Crippen molar-refractivity contribution in [3.8, 4) is 0 Å². The standard InChI is InChI=1S/C11H12BrN.ClH/c12-10-3-4-11-8(5-6-13)1-2-9(11)7-10;/h1,3-4,7H,2,5-6,13H2;1H. The molecule has 2 N–H and O–H groups in total. The molecule has 1 aromatic carbocycles. The Morgan fingerprint density at radius 3 is 2.86 bits per heavy atom. The van der Waals surface area contributed by atoms with Gasteiger partial charge in [-0.15, -0.1) is 12.4 Å². The molecule has 0 spiro atoms. The van der Waals surface area contributed by atoms with E-state index in [-0.39, 0.29) is 12.4 Å². The lowest BCUT2D eigenvalue weighted by Gasteiger charge is -2.04. The minimum Gasteiger partial charge on any atom is -0.330 e. The summed E-state index contributed by atoms with van der Waals surface area (Å²) in [6.45, 7) is 0.737. The van der Waals surface area contributed by atoms with Gasteiger partial charge in [0.05, 0.1) is 0 Å². The Hall–Kier alpha value is -0.310. The molecule has 1 nitrogen and oxygen atoms in total. The summed E-state index contributed by atoms with van der Waals surface area (Å²) in [5, 5.41) is 0. The number of nitrogens with two attached hydrogens (primary N) is 1. The molecule has 0 saturated carbocycles. The summed E-state index contributed by atoms with van der Waals surface area (Å²) in [6, 6.07) is 6.46. The first-order valence-electron chi connectivity index (χ1n) is 4.49. The van der Waals surface area contributed by atoms with Gasteiger partial charge in [-0.1, -0.05) is 28.1 Å². The van der Waals surface area contributed by atoms with Crippen molar-refractivity contribution >= 4 is 33.9 Å². The Balaban J connectivity index is 0.000000980. The lowest BCUT2D eigenvalue weighted by atomic mass is 10.0. The van der Waals surface area contributed by atoms with Crippen LogP contribution in [0.1, 0.15) is 17.5 Å². The van der Waals surface area contributed by atoms with Crippen molar-refractivity contribution < 1.29 is 0 Å². The third-order valence-corrected chi connectivity index (χ3v) is 2.89. The Bertz CT molecular complexity index is 360. The van der Waals surface area contributed by atoms with Gasteiger partial charge in [-0.25, -0.2) is 0 Å². The second-order valence-electron chi connectivity index (χ2n) is 3.27. The van der Waals surface area contributed by atoms with Gasteiger partial charge in [-0.05, 0) is 48.2 Å². The second-order valence-corrected chi connectivity index (χ2v) is 4.19. The summed E-state index contributed by atoms with van der Waals surface area (Å²) in [5.74, 6) is 0. The van der Waals surface area contributed by atoms with Crippen molar-refractivity contribution in [3.05, 3.63) is 39.9 Å². The van der Waals surface area contributed by atoms with E-state index in [0.717, 1.165) is 23.9 Å². The molecule has 0 saturated heterocycles. The highest BCUT2D eigenvalue weighted by molar-refractivity contribution is 9.10. The van der Waals surface area contributed by atoms with Crippen LogP contribution >= 0.6 is 28.3 Å². The molecule has 0 fully saturated rings. The van der Waals surface area contributed by atoms with Crippen LogP contribution in [0.4, 0.5) is 0 Å². The Kier molecular flexibility index (Phi) is 4.17. The monoisotopic (exact) mass is 273 g/mol. The highest BCUT2D eigenvalue weighted by Crippen LogP contribution is 2.31. The fraction of sp³-hybridized carbons (Fsp3) is 0.273. The molecule has 3 heteroatoms. The van der Waals surface area contributed by atoms with Crippen molar-refractivity contribution in [2.24, 2.45) is 5.73 Å². The number of hydrogen-bond donors (Lipinski definition) is 1. The van der Waals surface area contributed by atoms with Crippen LogP contribution < -0.4 is 5.73 Å². The van der Waals surface area contributed by atoms with Crippen LogP contribution in [0.15, 0.2) is 28.7 Å². The molecule has 1 aliphatic carbocycles. The molecule has 0 unspecified atom stereocenters. The molecule has 0 heterocycles. The zero-order valence-electron chi connectivity index (χ0n) is 7.79. The number of allylic oxidation sites excluding steroid dienone is 1. The van der Waals surface area contributed by atoms with Gasteiger partial charge in [0.15, 0.2) is 0 Å². The van der Waals surface area contributed by atoms with E-state index in [0.29, 0.717) is 0 Å². The normalized spacial score (nSPS) is 13.1. The maximum Gasteiger partial charge on any atom is 0.0178 e. The van der Waals surface area contributed by atoms with Crippen molar-refractivity contribution in [2.75, 3.05) is 6.54 Å². The van der Waals surface area contributed by atoms with Gasteiger partial charge in [0.2, 0.25) is 0 Å². The maximum atomic E-state index is 5.55. The average Bonchev–Trinajstić information content (AvgIpc) is 2.49. The van der Waals surface area contributed by atoms with Crippen molar-refractivity contribution in [1.82, 2.24) is 0 Å². The highest BCUT2D eigenvalue weighted by Gasteiger charge is 2.12. The molecular formula is C11H13BrClN. The predicted octanol–water partition coefficient (Wildman–Crippen LogP) is 3.16. The van der Waals surface area contributed by atoms with Crippen LogP contribution in [-0.4, -0.2) is 6.54 Å². The number of halogens is 2. The Labute approximate surface area is 98.9 Å². The minimum atomic E-state index is 0. The van der Waals surface area contributed by atoms with Gasteiger partial charge >= 0.3 is 0 Å². The third-order valence-electron chi connectivity index (χ3n) is 2.40. The third kappa shape index (κ3) is 2.19. The summed E-state index contributed by atoms with van der Waals surface area (Å²) < 4.78 is 1.16. The summed E-state index contributed by atoms with van der Waals surface area (Å²) in [7, 11) is 0.